The Kier molecular flexibility index (Phi) is 6.50. The van der Waals surface area contributed by atoms with Crippen LogP contribution in [-0.2, 0) is 20.4 Å². The van der Waals surface area contributed by atoms with Gasteiger partial charge >= 0.3 is 12.1 Å². The Morgan fingerprint density at radius 1 is 1.21 bits per heavy atom. The highest BCUT2D eigenvalue weighted by Gasteiger charge is 2.36. The predicted molar refractivity (Wildman–Crippen MR) is 99.4 cm³/mol. The third-order valence-corrected chi connectivity index (χ3v) is 5.85. The molecule has 2 aliphatic heterocycles. The summed E-state index contributed by atoms with van der Waals surface area (Å²) in [6, 6.07) is 4.04. The summed E-state index contributed by atoms with van der Waals surface area (Å²) in [6.07, 6.45) is -3.24. The van der Waals surface area contributed by atoms with Crippen LogP contribution in [0, 0.1) is 11.8 Å². The molecular formula is C20H27F3N2O3. The van der Waals surface area contributed by atoms with Gasteiger partial charge in [0.15, 0.2) is 0 Å². The van der Waals surface area contributed by atoms with E-state index in [-0.39, 0.29) is 23.7 Å². The zero-order valence-corrected chi connectivity index (χ0v) is 16.2. The smallest absolute Gasteiger partial charge is 0.416 e. The molecule has 3 rings (SSSR count). The van der Waals surface area contributed by atoms with Gasteiger partial charge in [-0.05, 0) is 30.5 Å². The van der Waals surface area contributed by atoms with Crippen LogP contribution in [0.1, 0.15) is 29.9 Å². The number of nitrogens with zero attached hydrogens (tertiary/aromatic N) is 1. The normalized spacial score (nSPS) is 23.8. The molecule has 1 aromatic rings. The molecule has 0 radical (unpaired) electrons. The second-order valence-electron chi connectivity index (χ2n) is 7.54. The minimum Gasteiger partial charge on any atom is -0.469 e. The Balaban J connectivity index is 1.90. The summed E-state index contributed by atoms with van der Waals surface area (Å²) in [5.41, 5.74) is 0.889. The highest BCUT2D eigenvalue weighted by atomic mass is 19.4. The van der Waals surface area contributed by atoms with Gasteiger partial charge in [0.2, 0.25) is 0 Å². The second kappa shape index (κ2) is 8.69. The minimum atomic E-state index is -4.39. The number of nitrogens with one attached hydrogen (secondary N) is 1. The molecule has 2 saturated heterocycles. The Hall–Kier alpha value is -1.80. The number of anilines is 1. The van der Waals surface area contributed by atoms with Crippen LogP contribution in [0.5, 0.6) is 0 Å². The number of ether oxygens (including phenoxy) is 2. The Bertz CT molecular complexity index is 688. The summed E-state index contributed by atoms with van der Waals surface area (Å²) in [5, 5.41) is 3.33. The molecule has 0 aliphatic carbocycles. The van der Waals surface area contributed by atoms with E-state index in [9.17, 15) is 18.0 Å². The quantitative estimate of drug-likeness (QED) is 0.770. The largest absolute Gasteiger partial charge is 0.469 e. The summed E-state index contributed by atoms with van der Waals surface area (Å²) in [6.45, 7) is 3.11. The maximum Gasteiger partial charge on any atom is 0.416 e. The van der Waals surface area contributed by atoms with Crippen LogP contribution in [0.15, 0.2) is 18.2 Å². The average Bonchev–Trinajstić information content (AvgIpc) is 3.14. The van der Waals surface area contributed by atoms with Crippen molar-refractivity contribution in [3.05, 3.63) is 29.3 Å². The van der Waals surface area contributed by atoms with Crippen LogP contribution in [0.3, 0.4) is 0 Å². The number of hydrogen-bond donors (Lipinski definition) is 1. The lowest BCUT2D eigenvalue weighted by atomic mass is 9.86. The van der Waals surface area contributed by atoms with E-state index in [1.54, 1.807) is 13.2 Å². The average molecular weight is 400 g/mol. The molecule has 156 valence electrons. The maximum absolute atomic E-state index is 13.3. The molecule has 8 heteroatoms. The SMILES string of the molecule is COC[C@H]1CNC[C@@H]1c1ccc(C(F)(F)F)cc1N1CCC(C(=O)OC)CC1. The number of carbonyl (C=O) groups excluding carboxylic acids is 1. The summed E-state index contributed by atoms with van der Waals surface area (Å²) >= 11 is 0. The first kappa shape index (κ1) is 20.9. The molecule has 2 heterocycles. The third kappa shape index (κ3) is 4.43. The Morgan fingerprint density at radius 2 is 1.93 bits per heavy atom. The van der Waals surface area contributed by atoms with Gasteiger partial charge in [-0.25, -0.2) is 0 Å². The zero-order valence-electron chi connectivity index (χ0n) is 16.2. The number of rotatable bonds is 5. The van der Waals surface area contributed by atoms with Gasteiger partial charge in [0, 0.05) is 50.8 Å². The number of hydrogen-bond acceptors (Lipinski definition) is 5. The highest BCUT2D eigenvalue weighted by molar-refractivity contribution is 5.73. The van der Waals surface area contributed by atoms with Crippen molar-refractivity contribution >= 4 is 11.7 Å². The van der Waals surface area contributed by atoms with Gasteiger partial charge in [0.05, 0.1) is 25.2 Å². The molecule has 0 unspecified atom stereocenters. The molecule has 1 N–H and O–H groups in total. The minimum absolute atomic E-state index is 0.0931. The first-order valence-corrected chi connectivity index (χ1v) is 9.58. The molecule has 0 bridgehead atoms. The van der Waals surface area contributed by atoms with Crippen molar-refractivity contribution < 1.29 is 27.4 Å². The first-order valence-electron chi connectivity index (χ1n) is 9.58. The molecule has 2 atom stereocenters. The lowest BCUT2D eigenvalue weighted by molar-refractivity contribution is -0.146. The number of halogens is 3. The molecule has 5 nitrogen and oxygen atoms in total. The summed E-state index contributed by atoms with van der Waals surface area (Å²) in [4.78, 5) is 13.8. The van der Waals surface area contributed by atoms with Crippen LogP contribution < -0.4 is 10.2 Å². The maximum atomic E-state index is 13.3. The number of piperidine rings is 1. The standard InChI is InChI=1S/C20H27F3N2O3/c1-27-12-14-10-24-11-17(14)16-4-3-15(20(21,22)23)9-18(16)25-7-5-13(6-8-25)19(26)28-2/h3-4,9,13-14,17,24H,5-8,10-12H2,1-2H3/t14-,17+/m1/s1. The van der Waals surface area contributed by atoms with E-state index in [0.717, 1.165) is 12.1 Å². The topological polar surface area (TPSA) is 50.8 Å². The van der Waals surface area contributed by atoms with E-state index in [1.807, 2.05) is 4.90 Å². The van der Waals surface area contributed by atoms with Gasteiger partial charge < -0.3 is 19.7 Å². The Labute approximate surface area is 163 Å². The number of esters is 1. The fraction of sp³-hybridized carbons (Fsp3) is 0.650. The van der Waals surface area contributed by atoms with Gasteiger partial charge in [0.25, 0.3) is 0 Å². The van der Waals surface area contributed by atoms with Crippen molar-refractivity contribution in [2.24, 2.45) is 11.8 Å². The number of alkyl halides is 3. The number of methoxy groups -OCH3 is 2. The molecule has 28 heavy (non-hydrogen) atoms. The van der Waals surface area contributed by atoms with Crippen molar-refractivity contribution in [1.82, 2.24) is 5.32 Å². The van der Waals surface area contributed by atoms with Gasteiger partial charge in [-0.15, -0.1) is 0 Å². The molecular weight excluding hydrogens is 373 g/mol. The first-order chi connectivity index (χ1) is 13.3. The third-order valence-electron chi connectivity index (χ3n) is 5.85. The van der Waals surface area contributed by atoms with Crippen LogP contribution in [0.4, 0.5) is 18.9 Å². The van der Waals surface area contributed by atoms with Crippen LogP contribution in [-0.4, -0.2) is 53.0 Å². The molecule has 0 saturated carbocycles. The van der Waals surface area contributed by atoms with E-state index < -0.39 is 11.7 Å². The van der Waals surface area contributed by atoms with E-state index in [2.05, 4.69) is 5.32 Å². The van der Waals surface area contributed by atoms with E-state index in [1.165, 1.54) is 19.2 Å². The number of carbonyl (C=O) groups is 1. The lowest BCUT2D eigenvalue weighted by Gasteiger charge is -2.35. The van der Waals surface area contributed by atoms with E-state index in [4.69, 9.17) is 9.47 Å². The van der Waals surface area contributed by atoms with Crippen molar-refractivity contribution in [2.75, 3.05) is 51.9 Å². The Morgan fingerprint density at radius 3 is 2.54 bits per heavy atom. The molecule has 1 aromatic carbocycles. The second-order valence-corrected chi connectivity index (χ2v) is 7.54. The van der Waals surface area contributed by atoms with Gasteiger partial charge in [0.1, 0.15) is 0 Å². The van der Waals surface area contributed by atoms with Crippen LogP contribution >= 0.6 is 0 Å². The van der Waals surface area contributed by atoms with Crippen molar-refractivity contribution in [3.8, 4) is 0 Å². The molecule has 0 amide bonds. The van der Waals surface area contributed by atoms with E-state index >= 15 is 0 Å². The van der Waals surface area contributed by atoms with Gasteiger partial charge in [-0.2, -0.15) is 13.2 Å². The molecule has 2 fully saturated rings. The lowest BCUT2D eigenvalue weighted by Crippen LogP contribution is -2.37. The van der Waals surface area contributed by atoms with Gasteiger partial charge in [-0.1, -0.05) is 6.07 Å². The van der Waals surface area contributed by atoms with Crippen molar-refractivity contribution in [2.45, 2.75) is 24.9 Å². The molecule has 2 aliphatic rings. The van der Waals surface area contributed by atoms with E-state index in [0.29, 0.717) is 44.8 Å². The van der Waals surface area contributed by atoms with Crippen LogP contribution in [0.25, 0.3) is 0 Å². The predicted octanol–water partition coefficient (Wildman–Crippen LogP) is 3.04. The fourth-order valence-electron chi connectivity index (χ4n) is 4.32. The highest BCUT2D eigenvalue weighted by Crippen LogP contribution is 2.40. The summed E-state index contributed by atoms with van der Waals surface area (Å²) in [7, 11) is 3.00. The zero-order chi connectivity index (χ0) is 20.3. The molecule has 0 aromatic heterocycles. The fourth-order valence-corrected chi connectivity index (χ4v) is 4.32. The monoisotopic (exact) mass is 400 g/mol. The summed E-state index contributed by atoms with van der Waals surface area (Å²) < 4.78 is 50.1. The van der Waals surface area contributed by atoms with Crippen LogP contribution in [0.2, 0.25) is 0 Å². The number of benzene rings is 1. The van der Waals surface area contributed by atoms with Gasteiger partial charge in [-0.3, -0.25) is 4.79 Å². The molecule has 0 spiro atoms. The summed E-state index contributed by atoms with van der Waals surface area (Å²) in [5.74, 6) is -0.127. The van der Waals surface area contributed by atoms with Crippen molar-refractivity contribution in [1.29, 1.82) is 0 Å². The van der Waals surface area contributed by atoms with Crippen molar-refractivity contribution in [3.63, 3.8) is 0 Å².